The summed E-state index contributed by atoms with van der Waals surface area (Å²) in [6.45, 7) is 7.32. The van der Waals surface area contributed by atoms with Crippen molar-refractivity contribution in [2.75, 3.05) is 0 Å². The maximum Gasteiger partial charge on any atom is 0.326 e. The normalized spacial score (nSPS) is 12.5. The summed E-state index contributed by atoms with van der Waals surface area (Å²) in [7, 11) is 0. The van der Waals surface area contributed by atoms with Crippen molar-refractivity contribution >= 4 is 23.2 Å². The van der Waals surface area contributed by atoms with Crippen molar-refractivity contribution in [3.05, 3.63) is 21.4 Å². The molecular weight excluding hydrogens is 238 g/mol. The van der Waals surface area contributed by atoms with Crippen molar-refractivity contribution < 1.29 is 14.7 Å². The van der Waals surface area contributed by atoms with Crippen LogP contribution >= 0.6 is 11.3 Å². The van der Waals surface area contributed by atoms with Gasteiger partial charge in [-0.2, -0.15) is 0 Å². The highest BCUT2D eigenvalue weighted by molar-refractivity contribution is 7.12. The molecule has 0 aromatic carbocycles. The van der Waals surface area contributed by atoms with Crippen LogP contribution in [0.3, 0.4) is 0 Å². The number of hydrogen-bond donors (Lipinski definition) is 2. The minimum Gasteiger partial charge on any atom is -0.480 e. The van der Waals surface area contributed by atoms with Gasteiger partial charge in [0.05, 0.1) is 5.56 Å². The van der Waals surface area contributed by atoms with E-state index in [4.69, 9.17) is 5.11 Å². The van der Waals surface area contributed by atoms with Gasteiger partial charge in [-0.15, -0.1) is 11.3 Å². The molecule has 0 aliphatic carbocycles. The number of amides is 1. The maximum absolute atomic E-state index is 11.9. The highest BCUT2D eigenvalue weighted by Gasteiger charge is 2.24. The number of carbonyl (C=O) groups is 2. The Labute approximate surface area is 105 Å². The Hall–Kier alpha value is -1.36. The lowest BCUT2D eigenvalue weighted by atomic mass is 10.0. The lowest BCUT2D eigenvalue weighted by Gasteiger charge is -2.17. The number of aryl methyl sites for hydroxylation is 2. The Morgan fingerprint density at radius 2 is 1.94 bits per heavy atom. The number of thiophene rings is 1. The highest BCUT2D eigenvalue weighted by atomic mass is 32.1. The number of hydrogen-bond acceptors (Lipinski definition) is 3. The van der Waals surface area contributed by atoms with E-state index in [-0.39, 0.29) is 11.8 Å². The van der Waals surface area contributed by atoms with Crippen LogP contribution in [0.15, 0.2) is 6.07 Å². The molecule has 2 N–H and O–H groups in total. The predicted molar refractivity (Wildman–Crippen MR) is 67.5 cm³/mol. The first-order chi connectivity index (χ1) is 7.82. The zero-order chi connectivity index (χ0) is 13.2. The van der Waals surface area contributed by atoms with E-state index in [0.717, 1.165) is 9.75 Å². The fraction of sp³-hybridized carbons (Fsp3) is 0.500. The molecule has 0 spiro atoms. The van der Waals surface area contributed by atoms with Gasteiger partial charge in [-0.05, 0) is 25.8 Å². The largest absolute Gasteiger partial charge is 0.480 e. The summed E-state index contributed by atoms with van der Waals surface area (Å²) < 4.78 is 0. The van der Waals surface area contributed by atoms with Crippen LogP contribution < -0.4 is 5.32 Å². The maximum atomic E-state index is 11.9. The second-order valence-corrected chi connectivity index (χ2v) is 5.82. The molecule has 0 aliphatic heterocycles. The van der Waals surface area contributed by atoms with Crippen LogP contribution in [0.2, 0.25) is 0 Å². The fourth-order valence-corrected chi connectivity index (χ4v) is 2.51. The Morgan fingerprint density at radius 3 is 2.29 bits per heavy atom. The Bertz CT molecular complexity index is 437. The van der Waals surface area contributed by atoms with Crippen LogP contribution in [0.25, 0.3) is 0 Å². The van der Waals surface area contributed by atoms with Crippen molar-refractivity contribution in [1.82, 2.24) is 5.32 Å². The van der Waals surface area contributed by atoms with Gasteiger partial charge in [0.15, 0.2) is 0 Å². The van der Waals surface area contributed by atoms with Crippen LogP contribution in [-0.4, -0.2) is 23.0 Å². The third-order valence-corrected chi connectivity index (χ3v) is 3.47. The van der Waals surface area contributed by atoms with E-state index in [1.54, 1.807) is 19.9 Å². The second kappa shape index (κ2) is 5.31. The van der Waals surface area contributed by atoms with E-state index in [0.29, 0.717) is 5.56 Å². The van der Waals surface area contributed by atoms with Gasteiger partial charge in [-0.1, -0.05) is 13.8 Å². The lowest BCUT2D eigenvalue weighted by molar-refractivity contribution is -0.140. The van der Waals surface area contributed by atoms with Gasteiger partial charge in [0.2, 0.25) is 0 Å². The molecule has 1 atom stereocenters. The van der Waals surface area contributed by atoms with E-state index in [1.165, 1.54) is 11.3 Å². The van der Waals surface area contributed by atoms with Gasteiger partial charge in [-0.3, -0.25) is 4.79 Å². The van der Waals surface area contributed by atoms with Crippen LogP contribution in [0.1, 0.15) is 34.0 Å². The van der Waals surface area contributed by atoms with E-state index in [1.807, 2.05) is 13.8 Å². The number of rotatable bonds is 4. The smallest absolute Gasteiger partial charge is 0.326 e. The van der Waals surface area contributed by atoms with Crippen molar-refractivity contribution in [2.45, 2.75) is 33.7 Å². The van der Waals surface area contributed by atoms with Crippen molar-refractivity contribution in [1.29, 1.82) is 0 Å². The first-order valence-electron chi connectivity index (χ1n) is 5.43. The molecule has 1 rings (SSSR count). The third kappa shape index (κ3) is 3.30. The molecule has 0 aliphatic rings. The summed E-state index contributed by atoms with van der Waals surface area (Å²) in [5, 5.41) is 11.6. The number of nitrogens with one attached hydrogen (secondary N) is 1. The zero-order valence-electron chi connectivity index (χ0n) is 10.4. The first-order valence-corrected chi connectivity index (χ1v) is 6.25. The van der Waals surface area contributed by atoms with E-state index >= 15 is 0 Å². The molecule has 0 saturated heterocycles. The van der Waals surface area contributed by atoms with Gasteiger partial charge < -0.3 is 10.4 Å². The van der Waals surface area contributed by atoms with Gasteiger partial charge in [0, 0.05) is 9.75 Å². The lowest BCUT2D eigenvalue weighted by Crippen LogP contribution is -2.44. The van der Waals surface area contributed by atoms with Gasteiger partial charge in [0.25, 0.3) is 5.91 Å². The molecule has 0 saturated carbocycles. The molecular formula is C12H17NO3S. The number of carboxylic acid groups (broad SMARTS) is 1. The number of aliphatic carboxylic acids is 1. The minimum atomic E-state index is -1.00. The minimum absolute atomic E-state index is 0.142. The van der Waals surface area contributed by atoms with Crippen LogP contribution in [-0.2, 0) is 4.79 Å². The average molecular weight is 255 g/mol. The molecule has 0 fully saturated rings. The standard InChI is InChI=1S/C12H17NO3S/c1-6(2)10(12(15)16)13-11(14)9-5-7(3)17-8(9)4/h5-6,10H,1-4H3,(H,13,14)(H,15,16). The van der Waals surface area contributed by atoms with Gasteiger partial charge in [-0.25, -0.2) is 4.79 Å². The molecule has 1 amide bonds. The molecule has 1 unspecified atom stereocenters. The van der Waals surface area contributed by atoms with Gasteiger partial charge >= 0.3 is 5.97 Å². The van der Waals surface area contributed by atoms with Crippen molar-refractivity contribution in [3.63, 3.8) is 0 Å². The fourth-order valence-electron chi connectivity index (χ4n) is 1.59. The summed E-state index contributed by atoms with van der Waals surface area (Å²) in [6, 6.07) is 0.941. The third-order valence-electron chi connectivity index (χ3n) is 2.50. The van der Waals surface area contributed by atoms with Gasteiger partial charge in [0.1, 0.15) is 6.04 Å². The summed E-state index contributed by atoms with van der Waals surface area (Å²) in [5.74, 6) is -1.46. The average Bonchev–Trinajstić information content (AvgIpc) is 2.53. The van der Waals surface area contributed by atoms with E-state index < -0.39 is 12.0 Å². The predicted octanol–water partition coefficient (Wildman–Crippen LogP) is 2.20. The molecule has 4 nitrogen and oxygen atoms in total. The van der Waals surface area contributed by atoms with Crippen LogP contribution in [0, 0.1) is 19.8 Å². The summed E-state index contributed by atoms with van der Waals surface area (Å²) in [6.07, 6.45) is 0. The summed E-state index contributed by atoms with van der Waals surface area (Å²) in [5.41, 5.74) is 0.569. The molecule has 1 heterocycles. The van der Waals surface area contributed by atoms with E-state index in [9.17, 15) is 9.59 Å². The zero-order valence-corrected chi connectivity index (χ0v) is 11.2. The molecule has 0 radical (unpaired) electrons. The molecule has 5 heteroatoms. The highest BCUT2D eigenvalue weighted by Crippen LogP contribution is 2.20. The quantitative estimate of drug-likeness (QED) is 0.866. The molecule has 0 bridgehead atoms. The summed E-state index contributed by atoms with van der Waals surface area (Å²) in [4.78, 5) is 24.9. The molecule has 1 aromatic heterocycles. The molecule has 1 aromatic rings. The molecule has 94 valence electrons. The van der Waals surface area contributed by atoms with Crippen LogP contribution in [0.4, 0.5) is 0 Å². The van der Waals surface area contributed by atoms with Crippen molar-refractivity contribution in [3.8, 4) is 0 Å². The topological polar surface area (TPSA) is 66.4 Å². The summed E-state index contributed by atoms with van der Waals surface area (Å²) >= 11 is 1.53. The Balaban J connectivity index is 2.85. The van der Waals surface area contributed by atoms with Crippen LogP contribution in [0.5, 0.6) is 0 Å². The van der Waals surface area contributed by atoms with E-state index in [2.05, 4.69) is 5.32 Å². The second-order valence-electron chi connectivity index (χ2n) is 4.36. The SMILES string of the molecule is Cc1cc(C(=O)NC(C(=O)O)C(C)C)c(C)s1. The Morgan fingerprint density at radius 1 is 1.35 bits per heavy atom. The monoisotopic (exact) mass is 255 g/mol. The number of carboxylic acids is 1. The van der Waals surface area contributed by atoms with Crippen molar-refractivity contribution in [2.24, 2.45) is 5.92 Å². The Kier molecular flexibility index (Phi) is 4.28. The first kappa shape index (κ1) is 13.7. The molecule has 17 heavy (non-hydrogen) atoms. The number of carbonyl (C=O) groups excluding carboxylic acids is 1.